The van der Waals surface area contributed by atoms with Crippen LogP contribution >= 0.6 is 11.6 Å². The molecule has 0 saturated carbocycles. The molecule has 2 atom stereocenters. The Morgan fingerprint density at radius 2 is 1.86 bits per heavy atom. The Kier molecular flexibility index (Phi) is 5.29. The minimum Gasteiger partial charge on any atom is -0.480 e. The Bertz CT molecular complexity index is 671. The number of carboxylic acid groups (broad SMARTS) is 2. The summed E-state index contributed by atoms with van der Waals surface area (Å²) in [5, 5.41) is 26.7. The van der Waals surface area contributed by atoms with Gasteiger partial charge in [-0.25, -0.2) is 13.2 Å². The van der Waals surface area contributed by atoms with Gasteiger partial charge in [-0.05, 0) is 25.1 Å². The van der Waals surface area contributed by atoms with Crippen LogP contribution in [0.1, 0.15) is 17.3 Å². The molecular formula is C11H12ClNO7S. The number of nitrogens with one attached hydrogen (secondary N) is 1. The lowest BCUT2D eigenvalue weighted by molar-refractivity contribution is -0.141. The van der Waals surface area contributed by atoms with Crippen LogP contribution in [-0.2, 0) is 14.8 Å². The van der Waals surface area contributed by atoms with Crippen LogP contribution in [0.5, 0.6) is 0 Å². The van der Waals surface area contributed by atoms with E-state index in [0.29, 0.717) is 0 Å². The zero-order valence-corrected chi connectivity index (χ0v) is 12.2. The van der Waals surface area contributed by atoms with Crippen LogP contribution < -0.4 is 4.72 Å². The Morgan fingerprint density at radius 3 is 2.29 bits per heavy atom. The zero-order chi connectivity index (χ0) is 16.4. The maximum atomic E-state index is 12.1. The minimum atomic E-state index is -4.42. The van der Waals surface area contributed by atoms with E-state index in [1.54, 1.807) is 4.72 Å². The molecule has 1 aromatic carbocycles. The van der Waals surface area contributed by atoms with Crippen molar-refractivity contribution in [3.63, 3.8) is 0 Å². The predicted octanol–water partition coefficient (Wildman–Crippen LogP) is 0.150. The summed E-state index contributed by atoms with van der Waals surface area (Å²) in [6.07, 6.45) is -1.50. The lowest BCUT2D eigenvalue weighted by Crippen LogP contribution is -2.47. The minimum absolute atomic E-state index is 0.276. The van der Waals surface area contributed by atoms with Gasteiger partial charge in [0.25, 0.3) is 0 Å². The van der Waals surface area contributed by atoms with Gasteiger partial charge >= 0.3 is 11.9 Å². The molecule has 0 unspecified atom stereocenters. The van der Waals surface area contributed by atoms with Gasteiger partial charge in [-0.15, -0.1) is 0 Å². The highest BCUT2D eigenvalue weighted by molar-refractivity contribution is 7.89. The van der Waals surface area contributed by atoms with Crippen molar-refractivity contribution < 1.29 is 33.3 Å². The van der Waals surface area contributed by atoms with E-state index in [2.05, 4.69) is 0 Å². The Balaban J connectivity index is 3.27. The second-order valence-electron chi connectivity index (χ2n) is 4.13. The van der Waals surface area contributed by atoms with Gasteiger partial charge in [0, 0.05) is 0 Å². The summed E-state index contributed by atoms with van der Waals surface area (Å²) in [4.78, 5) is 21.1. The fraction of sp³-hybridized carbons (Fsp3) is 0.273. The monoisotopic (exact) mass is 337 g/mol. The van der Waals surface area contributed by atoms with E-state index in [-0.39, 0.29) is 10.6 Å². The fourth-order valence-electron chi connectivity index (χ4n) is 1.43. The summed E-state index contributed by atoms with van der Waals surface area (Å²) in [5.74, 6) is -2.95. The highest BCUT2D eigenvalue weighted by Gasteiger charge is 2.30. The zero-order valence-electron chi connectivity index (χ0n) is 10.6. The molecule has 0 amide bonds. The second kappa shape index (κ2) is 6.39. The van der Waals surface area contributed by atoms with Crippen LogP contribution in [0.25, 0.3) is 0 Å². The van der Waals surface area contributed by atoms with Crippen molar-refractivity contribution in [3.05, 3.63) is 28.8 Å². The lowest BCUT2D eigenvalue weighted by Gasteiger charge is -2.17. The Morgan fingerprint density at radius 1 is 1.29 bits per heavy atom. The van der Waals surface area contributed by atoms with E-state index in [1.165, 1.54) is 0 Å². The Hall–Kier alpha value is -1.68. The normalized spacial score (nSPS) is 14.4. The molecule has 1 aromatic rings. The molecule has 0 heterocycles. The number of hydrogen-bond donors (Lipinski definition) is 4. The number of benzene rings is 1. The predicted molar refractivity (Wildman–Crippen MR) is 71.8 cm³/mol. The van der Waals surface area contributed by atoms with E-state index >= 15 is 0 Å². The first-order valence-electron chi connectivity index (χ1n) is 5.52. The molecule has 0 aliphatic carbocycles. The van der Waals surface area contributed by atoms with Gasteiger partial charge in [0.1, 0.15) is 10.9 Å². The van der Waals surface area contributed by atoms with E-state index in [0.717, 1.165) is 25.1 Å². The first kappa shape index (κ1) is 17.4. The van der Waals surface area contributed by atoms with Crippen molar-refractivity contribution in [2.24, 2.45) is 0 Å². The molecular weight excluding hydrogens is 326 g/mol. The van der Waals surface area contributed by atoms with Gasteiger partial charge < -0.3 is 15.3 Å². The number of hydrogen-bond acceptors (Lipinski definition) is 5. The van der Waals surface area contributed by atoms with Crippen LogP contribution in [0.4, 0.5) is 0 Å². The number of carbonyl (C=O) groups is 2. The van der Waals surface area contributed by atoms with E-state index in [1.807, 2.05) is 0 Å². The largest absolute Gasteiger partial charge is 0.480 e. The number of aliphatic hydroxyl groups is 1. The van der Waals surface area contributed by atoms with Crippen molar-refractivity contribution in [2.45, 2.75) is 24.0 Å². The smallest absolute Gasteiger partial charge is 0.335 e. The van der Waals surface area contributed by atoms with Crippen molar-refractivity contribution in [1.82, 2.24) is 4.72 Å². The third-order valence-electron chi connectivity index (χ3n) is 2.50. The third-order valence-corrected chi connectivity index (χ3v) is 4.42. The molecule has 0 radical (unpaired) electrons. The quantitative estimate of drug-likeness (QED) is 0.579. The molecule has 0 fully saturated rings. The number of carboxylic acids is 2. The van der Waals surface area contributed by atoms with Gasteiger partial charge in [0.2, 0.25) is 10.0 Å². The van der Waals surface area contributed by atoms with Crippen molar-refractivity contribution in [3.8, 4) is 0 Å². The summed E-state index contributed by atoms with van der Waals surface area (Å²) in [7, 11) is -4.42. The van der Waals surface area contributed by atoms with Gasteiger partial charge in [-0.1, -0.05) is 11.6 Å². The van der Waals surface area contributed by atoms with E-state index < -0.39 is 39.0 Å². The topological polar surface area (TPSA) is 141 Å². The average molecular weight is 338 g/mol. The van der Waals surface area contributed by atoms with Crippen molar-refractivity contribution >= 4 is 33.6 Å². The molecule has 4 N–H and O–H groups in total. The molecule has 8 nitrogen and oxygen atoms in total. The summed E-state index contributed by atoms with van der Waals surface area (Å²) in [6, 6.07) is 1.18. The van der Waals surface area contributed by atoms with Crippen LogP contribution in [-0.4, -0.2) is 47.8 Å². The van der Waals surface area contributed by atoms with Crippen LogP contribution in [0, 0.1) is 0 Å². The summed E-state index contributed by atoms with van der Waals surface area (Å²) in [5.41, 5.74) is -0.330. The molecule has 0 bridgehead atoms. The number of aromatic carboxylic acids is 1. The SMILES string of the molecule is C[C@H](O)[C@H](NS(=O)(=O)c1cc(C(=O)O)ccc1Cl)C(=O)O. The fourth-order valence-corrected chi connectivity index (χ4v) is 3.22. The van der Waals surface area contributed by atoms with Gasteiger partial charge in [-0.3, -0.25) is 4.79 Å². The highest BCUT2D eigenvalue weighted by Crippen LogP contribution is 2.23. The number of aliphatic carboxylic acids is 1. The van der Waals surface area contributed by atoms with Gasteiger partial charge in [0.05, 0.1) is 16.7 Å². The molecule has 0 aromatic heterocycles. The lowest BCUT2D eigenvalue weighted by atomic mass is 10.2. The number of rotatable bonds is 6. The third kappa shape index (κ3) is 4.14. The van der Waals surface area contributed by atoms with Crippen molar-refractivity contribution in [2.75, 3.05) is 0 Å². The van der Waals surface area contributed by atoms with E-state index in [4.69, 9.17) is 21.8 Å². The Labute approximate surface area is 125 Å². The van der Waals surface area contributed by atoms with Crippen molar-refractivity contribution in [1.29, 1.82) is 0 Å². The molecule has 21 heavy (non-hydrogen) atoms. The van der Waals surface area contributed by atoms with E-state index in [9.17, 15) is 23.1 Å². The molecule has 0 aliphatic heterocycles. The first-order valence-corrected chi connectivity index (χ1v) is 7.38. The molecule has 0 aliphatic rings. The maximum absolute atomic E-state index is 12.1. The van der Waals surface area contributed by atoms with Gasteiger partial charge in [-0.2, -0.15) is 4.72 Å². The van der Waals surface area contributed by atoms with Crippen LogP contribution in [0.2, 0.25) is 5.02 Å². The summed E-state index contributed by atoms with van der Waals surface area (Å²) < 4.78 is 25.9. The molecule has 116 valence electrons. The summed E-state index contributed by atoms with van der Waals surface area (Å²) >= 11 is 5.71. The number of sulfonamides is 1. The van der Waals surface area contributed by atoms with Crippen LogP contribution in [0.3, 0.4) is 0 Å². The second-order valence-corrected chi connectivity index (χ2v) is 6.22. The van der Waals surface area contributed by atoms with Crippen LogP contribution in [0.15, 0.2) is 23.1 Å². The molecule has 10 heteroatoms. The number of halogens is 1. The first-order chi connectivity index (χ1) is 9.56. The summed E-state index contributed by atoms with van der Waals surface area (Å²) in [6.45, 7) is 1.09. The number of aliphatic hydroxyl groups excluding tert-OH is 1. The maximum Gasteiger partial charge on any atom is 0.335 e. The molecule has 1 rings (SSSR count). The van der Waals surface area contributed by atoms with Gasteiger partial charge in [0.15, 0.2) is 0 Å². The molecule has 0 spiro atoms. The average Bonchev–Trinajstić information content (AvgIpc) is 2.35. The highest BCUT2D eigenvalue weighted by atomic mass is 35.5. The molecule has 0 saturated heterocycles. The standard InChI is InChI=1S/C11H12ClNO7S/c1-5(14)9(11(17)18)13-21(19,20)8-4-6(10(15)16)2-3-7(8)12/h2-5,9,13-14H,1H3,(H,15,16)(H,17,18)/t5-,9-/m0/s1.